The first-order chi connectivity index (χ1) is 16.6. The fourth-order valence-electron chi connectivity index (χ4n) is 4.81. The highest BCUT2D eigenvalue weighted by atomic mass is 32.1. The van der Waals surface area contributed by atoms with Crippen molar-refractivity contribution in [1.82, 2.24) is 24.8 Å². The van der Waals surface area contributed by atoms with Gasteiger partial charge >= 0.3 is 0 Å². The van der Waals surface area contributed by atoms with Crippen LogP contribution in [0, 0.1) is 13.8 Å². The molecule has 4 aromatic rings. The zero-order valence-electron chi connectivity index (χ0n) is 19.5. The van der Waals surface area contributed by atoms with E-state index in [1.54, 1.807) is 13.3 Å². The first-order valence-corrected chi connectivity index (χ1v) is 11.7. The van der Waals surface area contributed by atoms with Crippen LogP contribution in [-0.2, 0) is 6.54 Å². The number of methoxy groups -OCH3 is 1. The van der Waals surface area contributed by atoms with E-state index in [2.05, 4.69) is 68.9 Å². The Morgan fingerprint density at radius 1 is 1.03 bits per heavy atom. The highest BCUT2D eigenvalue weighted by molar-refractivity contribution is 7.80. The van der Waals surface area contributed by atoms with E-state index >= 15 is 0 Å². The molecule has 34 heavy (non-hydrogen) atoms. The molecule has 3 aromatic heterocycles. The zero-order valence-corrected chi connectivity index (χ0v) is 20.3. The second-order valence-electron chi connectivity index (χ2n) is 8.48. The SMILES string of the molecule is COc1ccc(CN2C(=S)N[C@H](c3ccccn3)[C@@H]2c2cc(C)n(-c3cccnc3)c2C)cc1. The van der Waals surface area contributed by atoms with Crippen molar-refractivity contribution in [1.29, 1.82) is 0 Å². The van der Waals surface area contributed by atoms with E-state index in [-0.39, 0.29) is 12.1 Å². The molecule has 4 heterocycles. The minimum atomic E-state index is -0.0604. The largest absolute Gasteiger partial charge is 0.497 e. The highest BCUT2D eigenvalue weighted by Crippen LogP contribution is 2.42. The van der Waals surface area contributed by atoms with Crippen LogP contribution in [0.25, 0.3) is 5.69 Å². The molecule has 1 N–H and O–H groups in total. The first kappa shape index (κ1) is 22.1. The van der Waals surface area contributed by atoms with Crippen LogP contribution in [-0.4, -0.2) is 31.7 Å². The van der Waals surface area contributed by atoms with E-state index < -0.39 is 0 Å². The van der Waals surface area contributed by atoms with E-state index in [0.29, 0.717) is 6.54 Å². The number of rotatable bonds is 6. The normalized spacial score (nSPS) is 17.6. The fraction of sp³-hybridized carbons (Fsp3) is 0.222. The van der Waals surface area contributed by atoms with Gasteiger partial charge in [0, 0.05) is 30.3 Å². The van der Waals surface area contributed by atoms with Crippen LogP contribution in [0.4, 0.5) is 0 Å². The summed E-state index contributed by atoms with van der Waals surface area (Å²) in [6, 6.07) is 20.4. The fourth-order valence-corrected chi connectivity index (χ4v) is 5.12. The Balaban J connectivity index is 1.59. The standard InChI is InChI=1S/C27H27N5OS/c1-18-15-23(19(2)32(18)21-7-6-13-28-16-21)26-25(24-8-4-5-14-29-24)30-27(34)31(26)17-20-9-11-22(33-3)12-10-20/h4-16,25-26H,17H2,1-3H3,(H,30,34)/t25-,26+/m1/s1. The van der Waals surface area contributed by atoms with Crippen molar-refractivity contribution in [2.24, 2.45) is 0 Å². The summed E-state index contributed by atoms with van der Waals surface area (Å²) in [4.78, 5) is 11.3. The molecule has 1 fully saturated rings. The average Bonchev–Trinajstić information content (AvgIpc) is 3.35. The topological polar surface area (TPSA) is 55.2 Å². The quantitative estimate of drug-likeness (QED) is 0.398. The molecule has 2 atom stereocenters. The molecule has 1 aliphatic rings. The summed E-state index contributed by atoms with van der Waals surface area (Å²) in [6.07, 6.45) is 5.53. The second-order valence-corrected chi connectivity index (χ2v) is 8.86. The lowest BCUT2D eigenvalue weighted by molar-refractivity contribution is 0.310. The molecule has 172 valence electrons. The van der Waals surface area contributed by atoms with E-state index in [9.17, 15) is 0 Å². The van der Waals surface area contributed by atoms with Crippen LogP contribution >= 0.6 is 12.2 Å². The summed E-state index contributed by atoms with van der Waals surface area (Å²) in [6.45, 7) is 4.98. The number of hydrogen-bond donors (Lipinski definition) is 1. The molecule has 1 aromatic carbocycles. The van der Waals surface area contributed by atoms with E-state index in [1.165, 1.54) is 11.3 Å². The minimum absolute atomic E-state index is 0.0128. The van der Waals surface area contributed by atoms with Gasteiger partial charge in [-0.3, -0.25) is 9.97 Å². The van der Waals surface area contributed by atoms with Crippen LogP contribution in [0.5, 0.6) is 5.75 Å². The van der Waals surface area contributed by atoms with Gasteiger partial charge in [0.05, 0.1) is 36.8 Å². The van der Waals surface area contributed by atoms with Gasteiger partial charge in [0.1, 0.15) is 5.75 Å². The Bertz CT molecular complexity index is 1290. The molecule has 6 nitrogen and oxygen atoms in total. The number of pyridine rings is 2. The number of benzene rings is 1. The summed E-state index contributed by atoms with van der Waals surface area (Å²) < 4.78 is 7.59. The first-order valence-electron chi connectivity index (χ1n) is 11.3. The van der Waals surface area contributed by atoms with Crippen molar-refractivity contribution in [2.75, 3.05) is 7.11 Å². The Hall–Kier alpha value is -3.71. The van der Waals surface area contributed by atoms with Crippen molar-refractivity contribution in [3.8, 4) is 11.4 Å². The minimum Gasteiger partial charge on any atom is -0.497 e. The molecule has 7 heteroatoms. The average molecular weight is 470 g/mol. The van der Waals surface area contributed by atoms with Gasteiger partial charge in [-0.2, -0.15) is 0 Å². The number of aryl methyl sites for hydroxylation is 1. The third-order valence-electron chi connectivity index (χ3n) is 6.40. The summed E-state index contributed by atoms with van der Waals surface area (Å²) in [7, 11) is 1.68. The third kappa shape index (κ3) is 4.03. The number of hydrogen-bond acceptors (Lipinski definition) is 4. The van der Waals surface area contributed by atoms with Gasteiger partial charge in [0.15, 0.2) is 5.11 Å². The van der Waals surface area contributed by atoms with Crippen LogP contribution < -0.4 is 10.1 Å². The summed E-state index contributed by atoms with van der Waals surface area (Å²) in [5.41, 5.74) is 6.73. The molecule has 0 aliphatic carbocycles. The van der Waals surface area contributed by atoms with Crippen LogP contribution in [0.15, 0.2) is 79.3 Å². The van der Waals surface area contributed by atoms with E-state index in [1.807, 2.05) is 42.7 Å². The molecular weight excluding hydrogens is 442 g/mol. The van der Waals surface area contributed by atoms with Gasteiger partial charge in [-0.25, -0.2) is 0 Å². The number of thiocarbonyl (C=S) groups is 1. The lowest BCUT2D eigenvalue weighted by atomic mass is 9.96. The molecule has 0 bridgehead atoms. The van der Waals surface area contributed by atoms with Crippen LogP contribution in [0.1, 0.15) is 40.3 Å². The number of nitrogens with one attached hydrogen (secondary N) is 1. The predicted molar refractivity (Wildman–Crippen MR) is 137 cm³/mol. The molecular formula is C27H27N5OS. The molecule has 5 rings (SSSR count). The summed E-state index contributed by atoms with van der Waals surface area (Å²) in [5, 5.41) is 4.28. The Labute approximate surface area is 205 Å². The zero-order chi connectivity index (χ0) is 23.7. The maximum Gasteiger partial charge on any atom is 0.170 e. The van der Waals surface area contributed by atoms with Gasteiger partial charge in [-0.15, -0.1) is 0 Å². The lowest BCUT2D eigenvalue weighted by Crippen LogP contribution is -2.29. The number of nitrogens with zero attached hydrogens (tertiary/aromatic N) is 4. The van der Waals surface area contributed by atoms with Crippen molar-refractivity contribution < 1.29 is 4.74 Å². The smallest absolute Gasteiger partial charge is 0.170 e. The van der Waals surface area contributed by atoms with Crippen molar-refractivity contribution >= 4 is 17.3 Å². The summed E-state index contributed by atoms with van der Waals surface area (Å²) in [5.74, 6) is 0.841. The number of aromatic nitrogens is 3. The highest BCUT2D eigenvalue weighted by Gasteiger charge is 2.41. The molecule has 0 radical (unpaired) electrons. The van der Waals surface area contributed by atoms with Gasteiger partial charge < -0.3 is 19.5 Å². The second kappa shape index (κ2) is 9.27. The van der Waals surface area contributed by atoms with Gasteiger partial charge in [-0.05, 0) is 79.7 Å². The van der Waals surface area contributed by atoms with Crippen molar-refractivity contribution in [2.45, 2.75) is 32.5 Å². The van der Waals surface area contributed by atoms with E-state index in [4.69, 9.17) is 17.0 Å². The van der Waals surface area contributed by atoms with Crippen LogP contribution in [0.2, 0.25) is 0 Å². The van der Waals surface area contributed by atoms with Crippen LogP contribution in [0.3, 0.4) is 0 Å². The Kier molecular flexibility index (Phi) is 6.02. The molecule has 0 amide bonds. The Morgan fingerprint density at radius 3 is 2.53 bits per heavy atom. The van der Waals surface area contributed by atoms with Gasteiger partial charge in [-0.1, -0.05) is 18.2 Å². The molecule has 1 saturated heterocycles. The monoisotopic (exact) mass is 469 g/mol. The van der Waals surface area contributed by atoms with Crippen molar-refractivity contribution in [3.63, 3.8) is 0 Å². The lowest BCUT2D eigenvalue weighted by Gasteiger charge is -2.28. The molecule has 0 spiro atoms. The Morgan fingerprint density at radius 2 is 1.85 bits per heavy atom. The maximum atomic E-state index is 5.86. The van der Waals surface area contributed by atoms with E-state index in [0.717, 1.165) is 33.5 Å². The van der Waals surface area contributed by atoms with Crippen molar-refractivity contribution in [3.05, 3.63) is 107 Å². The van der Waals surface area contributed by atoms with Gasteiger partial charge in [0.25, 0.3) is 0 Å². The summed E-state index contributed by atoms with van der Waals surface area (Å²) >= 11 is 5.86. The molecule has 0 saturated carbocycles. The predicted octanol–water partition coefficient (Wildman–Crippen LogP) is 5.07. The number of ether oxygens (including phenoxy) is 1. The molecule has 0 unspecified atom stereocenters. The third-order valence-corrected chi connectivity index (χ3v) is 6.76. The van der Waals surface area contributed by atoms with Gasteiger partial charge in [0.2, 0.25) is 0 Å². The molecule has 1 aliphatic heterocycles. The maximum absolute atomic E-state index is 5.86.